The minimum atomic E-state index is -0.540. The van der Waals surface area contributed by atoms with E-state index < -0.39 is 11.7 Å². The van der Waals surface area contributed by atoms with Crippen LogP contribution in [0.5, 0.6) is 0 Å². The molecule has 0 aliphatic heterocycles. The zero-order chi connectivity index (χ0) is 15.6. The van der Waals surface area contributed by atoms with E-state index in [1.807, 2.05) is 0 Å². The zero-order valence-corrected chi connectivity index (χ0v) is 12.6. The van der Waals surface area contributed by atoms with Gasteiger partial charge in [0.25, 0.3) is 5.56 Å². The van der Waals surface area contributed by atoms with Gasteiger partial charge < -0.3 is 14.6 Å². The number of carbonyl (C=O) groups is 1. The van der Waals surface area contributed by atoms with Gasteiger partial charge >= 0.3 is 6.09 Å². The van der Waals surface area contributed by atoms with Gasteiger partial charge in [0.15, 0.2) is 0 Å². The first-order valence-electron chi connectivity index (χ1n) is 6.67. The van der Waals surface area contributed by atoms with Gasteiger partial charge in [0.05, 0.1) is 10.9 Å². The number of hydrogen-bond donors (Lipinski definition) is 1. The summed E-state index contributed by atoms with van der Waals surface area (Å²) in [5, 5.41) is 3.18. The van der Waals surface area contributed by atoms with Crippen molar-refractivity contribution < 1.29 is 9.53 Å². The third kappa shape index (κ3) is 3.81. The lowest BCUT2D eigenvalue weighted by molar-refractivity contribution is 0.0523. The monoisotopic (exact) mass is 289 g/mol. The van der Waals surface area contributed by atoms with Crippen molar-refractivity contribution >= 4 is 17.0 Å². The van der Waals surface area contributed by atoms with Crippen molar-refractivity contribution in [2.24, 2.45) is 7.05 Å². The van der Waals surface area contributed by atoms with Crippen molar-refractivity contribution in [2.75, 3.05) is 0 Å². The lowest BCUT2D eigenvalue weighted by Gasteiger charge is -2.19. The van der Waals surface area contributed by atoms with Crippen LogP contribution in [0.15, 0.2) is 29.3 Å². The number of fused-ring (bicyclic) bond motifs is 1. The molecule has 0 bridgehead atoms. The maximum atomic E-state index is 12.0. The van der Waals surface area contributed by atoms with Crippen molar-refractivity contribution in [3.05, 3.63) is 40.4 Å². The van der Waals surface area contributed by atoms with Crippen LogP contribution < -0.4 is 10.9 Å². The molecule has 2 aromatic heterocycles. The number of ether oxygens (including phenoxy) is 1. The number of aromatic nitrogens is 2. The van der Waals surface area contributed by atoms with Crippen molar-refractivity contribution in [2.45, 2.75) is 32.9 Å². The zero-order valence-electron chi connectivity index (χ0n) is 12.6. The minimum absolute atomic E-state index is 0.112. The summed E-state index contributed by atoms with van der Waals surface area (Å²) in [6, 6.07) is 3.52. The number of nitrogens with zero attached hydrogens (tertiary/aromatic N) is 2. The molecule has 1 amide bonds. The fourth-order valence-corrected chi connectivity index (χ4v) is 1.85. The molecule has 2 heterocycles. The molecule has 0 aliphatic rings. The Bertz CT molecular complexity index is 729. The topological polar surface area (TPSA) is 73.2 Å². The number of nitrogens with one attached hydrogen (secondary N) is 1. The number of hydrogen-bond acceptors (Lipinski definition) is 4. The van der Waals surface area contributed by atoms with Gasteiger partial charge in [0.1, 0.15) is 5.60 Å². The fourth-order valence-electron chi connectivity index (χ4n) is 1.85. The summed E-state index contributed by atoms with van der Waals surface area (Å²) >= 11 is 0. The predicted molar refractivity (Wildman–Crippen MR) is 80.1 cm³/mol. The van der Waals surface area contributed by atoms with Crippen LogP contribution >= 0.6 is 0 Å². The van der Waals surface area contributed by atoms with Crippen LogP contribution in [-0.4, -0.2) is 21.2 Å². The summed E-state index contributed by atoms with van der Waals surface area (Å²) in [5.74, 6) is 0. The van der Waals surface area contributed by atoms with Crippen molar-refractivity contribution in [3.8, 4) is 0 Å². The molecule has 6 nitrogen and oxygen atoms in total. The van der Waals surface area contributed by atoms with E-state index in [-0.39, 0.29) is 12.1 Å². The van der Waals surface area contributed by atoms with Crippen LogP contribution in [-0.2, 0) is 18.3 Å². The molecule has 0 unspecified atom stereocenters. The SMILES string of the molecule is Cn1ccc2ncc(CNC(=O)OC(C)(C)C)cc2c1=O. The molecular weight excluding hydrogens is 270 g/mol. The first-order chi connectivity index (χ1) is 9.76. The van der Waals surface area contributed by atoms with Crippen LogP contribution in [0.3, 0.4) is 0 Å². The van der Waals surface area contributed by atoms with Gasteiger partial charge in [0.2, 0.25) is 0 Å². The van der Waals surface area contributed by atoms with Gasteiger partial charge in [-0.1, -0.05) is 0 Å². The Kier molecular flexibility index (Phi) is 3.97. The van der Waals surface area contributed by atoms with E-state index in [4.69, 9.17) is 4.74 Å². The lowest BCUT2D eigenvalue weighted by atomic mass is 10.2. The summed E-state index contributed by atoms with van der Waals surface area (Å²) in [5.41, 5.74) is 0.733. The van der Waals surface area contributed by atoms with E-state index in [0.717, 1.165) is 5.56 Å². The molecule has 0 saturated carbocycles. The number of carbonyl (C=O) groups excluding carboxylic acids is 1. The number of aryl methyl sites for hydroxylation is 1. The second-order valence-corrected chi connectivity index (χ2v) is 5.86. The maximum absolute atomic E-state index is 12.0. The van der Waals surface area contributed by atoms with E-state index in [1.165, 1.54) is 4.57 Å². The molecule has 0 aromatic carbocycles. The summed E-state index contributed by atoms with van der Waals surface area (Å²) in [4.78, 5) is 27.8. The molecule has 2 aromatic rings. The quantitative estimate of drug-likeness (QED) is 0.917. The Morgan fingerprint density at radius 1 is 1.43 bits per heavy atom. The molecular formula is C15H19N3O3. The predicted octanol–water partition coefficient (Wildman–Crippen LogP) is 1.96. The summed E-state index contributed by atoms with van der Waals surface area (Å²) in [7, 11) is 1.69. The maximum Gasteiger partial charge on any atom is 0.407 e. The van der Waals surface area contributed by atoms with Crippen molar-refractivity contribution in [1.82, 2.24) is 14.9 Å². The summed E-state index contributed by atoms with van der Waals surface area (Å²) < 4.78 is 6.65. The van der Waals surface area contributed by atoms with E-state index in [2.05, 4.69) is 10.3 Å². The number of rotatable bonds is 2. The first kappa shape index (κ1) is 15.0. The highest BCUT2D eigenvalue weighted by molar-refractivity contribution is 5.77. The van der Waals surface area contributed by atoms with Gasteiger partial charge in [-0.25, -0.2) is 4.79 Å². The average molecular weight is 289 g/mol. The third-order valence-corrected chi connectivity index (χ3v) is 2.82. The molecule has 0 atom stereocenters. The van der Waals surface area contributed by atoms with Gasteiger partial charge in [-0.15, -0.1) is 0 Å². The van der Waals surface area contributed by atoms with Gasteiger partial charge in [-0.2, -0.15) is 0 Å². The second-order valence-electron chi connectivity index (χ2n) is 5.86. The largest absolute Gasteiger partial charge is 0.444 e. The van der Waals surface area contributed by atoms with Gasteiger partial charge in [-0.05, 0) is 38.5 Å². The Labute approximate surface area is 122 Å². The minimum Gasteiger partial charge on any atom is -0.444 e. The molecule has 0 saturated heterocycles. The van der Waals surface area contributed by atoms with Gasteiger partial charge in [0, 0.05) is 26.0 Å². The highest BCUT2D eigenvalue weighted by Gasteiger charge is 2.15. The Balaban J connectivity index is 2.15. The molecule has 2 rings (SSSR count). The van der Waals surface area contributed by atoms with E-state index in [9.17, 15) is 9.59 Å². The first-order valence-corrected chi connectivity index (χ1v) is 6.67. The highest BCUT2D eigenvalue weighted by atomic mass is 16.6. The molecule has 21 heavy (non-hydrogen) atoms. The molecule has 1 N–H and O–H groups in total. The standard InChI is InChI=1S/C15H19N3O3/c1-15(2,3)21-14(20)17-9-10-7-11-12(16-8-10)5-6-18(4)13(11)19/h5-8H,9H2,1-4H3,(H,17,20). The van der Waals surface area contributed by atoms with Crippen LogP contribution in [0.25, 0.3) is 10.9 Å². The smallest absolute Gasteiger partial charge is 0.407 e. The Morgan fingerprint density at radius 3 is 2.81 bits per heavy atom. The summed E-state index contributed by atoms with van der Waals surface area (Å²) in [6.07, 6.45) is 2.82. The van der Waals surface area contributed by atoms with Crippen LogP contribution in [0, 0.1) is 0 Å². The van der Waals surface area contributed by atoms with Crippen molar-refractivity contribution in [3.63, 3.8) is 0 Å². The lowest BCUT2D eigenvalue weighted by Crippen LogP contribution is -2.32. The van der Waals surface area contributed by atoms with Crippen LogP contribution in [0.1, 0.15) is 26.3 Å². The highest BCUT2D eigenvalue weighted by Crippen LogP contribution is 2.10. The molecule has 0 fully saturated rings. The Hall–Kier alpha value is -2.37. The van der Waals surface area contributed by atoms with E-state index >= 15 is 0 Å². The number of amides is 1. The molecule has 0 radical (unpaired) electrons. The van der Waals surface area contributed by atoms with Gasteiger partial charge in [-0.3, -0.25) is 9.78 Å². The molecule has 6 heteroatoms. The normalized spacial score (nSPS) is 11.4. The number of pyridine rings is 2. The van der Waals surface area contributed by atoms with Crippen LogP contribution in [0.2, 0.25) is 0 Å². The molecule has 0 aliphatic carbocycles. The molecule has 0 spiro atoms. The summed E-state index contributed by atoms with van der Waals surface area (Å²) in [6.45, 7) is 5.66. The third-order valence-electron chi connectivity index (χ3n) is 2.82. The van der Waals surface area contributed by atoms with Crippen molar-refractivity contribution in [1.29, 1.82) is 0 Å². The van der Waals surface area contributed by atoms with E-state index in [1.54, 1.807) is 52.3 Å². The fraction of sp³-hybridized carbons (Fsp3) is 0.400. The average Bonchev–Trinajstić information content (AvgIpc) is 2.39. The Morgan fingerprint density at radius 2 is 2.14 bits per heavy atom. The second kappa shape index (κ2) is 5.55. The van der Waals surface area contributed by atoms with Crippen LogP contribution in [0.4, 0.5) is 4.79 Å². The molecule has 112 valence electrons. The van der Waals surface area contributed by atoms with E-state index in [0.29, 0.717) is 10.9 Å². The number of alkyl carbamates (subject to hydrolysis) is 1.